The van der Waals surface area contributed by atoms with E-state index in [1.54, 1.807) is 36.4 Å². The second kappa shape index (κ2) is 16.6. The largest absolute Gasteiger partial charge is 0.395 e. The Morgan fingerprint density at radius 1 is 0.620 bits per heavy atom. The molecule has 12 nitrogen and oxygen atoms in total. The van der Waals surface area contributed by atoms with E-state index in [0.717, 1.165) is 76.4 Å². The molecule has 2 saturated carbocycles. The first-order valence-corrected chi connectivity index (χ1v) is 18.5. The van der Waals surface area contributed by atoms with Crippen molar-refractivity contribution < 1.29 is 38.6 Å². The number of carbonyl (C=O) groups is 2. The molecule has 4 fully saturated rings. The first-order chi connectivity index (χ1) is 24.2. The number of nitrogens with one attached hydrogen (secondary N) is 2. The zero-order valence-electron chi connectivity index (χ0n) is 27.4. The highest BCUT2D eigenvalue weighted by atomic mass is 35.5. The molecule has 2 saturated heterocycles. The summed E-state index contributed by atoms with van der Waals surface area (Å²) in [5.74, 6) is -1.28. The first-order valence-electron chi connectivity index (χ1n) is 17.0. The topological polar surface area (TPSA) is 120 Å². The normalized spacial score (nSPS) is 26.3. The van der Waals surface area contributed by atoms with Gasteiger partial charge in [-0.1, -0.05) is 97.1 Å². The Balaban J connectivity index is 1.24. The molecule has 2 unspecified atom stereocenters. The van der Waals surface area contributed by atoms with Gasteiger partial charge in [0.2, 0.25) is 0 Å². The Bertz CT molecular complexity index is 1500. The number of benzene rings is 2. The van der Waals surface area contributed by atoms with Crippen LogP contribution in [0.2, 0.25) is 20.1 Å². The van der Waals surface area contributed by atoms with E-state index in [4.69, 9.17) is 65.8 Å². The standard InChI is InChI=1S/C34H40Cl4N6O6/c35-25-13-7-14-26(36)31(25)41-33-39-19-21-43(33,47-23-9-3-1-4-10-23)49-29(45)17-18-30(46)50-44(48-24-11-5-2-6-12-24)22-20-40-34(44)42-32-27(37)15-8-16-28(32)38/h7-8,13-18,23-24H,1-6,9-12,19-22H2,(H,39,41)(H,40,42)/q+2/b18-17+. The second-order valence-corrected chi connectivity index (χ2v) is 14.2. The second-order valence-electron chi connectivity index (χ2n) is 12.5. The lowest BCUT2D eigenvalue weighted by atomic mass is 9.98. The Labute approximate surface area is 310 Å². The van der Waals surface area contributed by atoms with Crippen LogP contribution in [0.15, 0.2) is 58.5 Å². The molecule has 2 aromatic carbocycles. The van der Waals surface area contributed by atoms with Crippen LogP contribution in [0.5, 0.6) is 0 Å². The van der Waals surface area contributed by atoms with Gasteiger partial charge in [0.05, 0.1) is 42.8 Å². The highest BCUT2D eigenvalue weighted by molar-refractivity contribution is 6.39. The quantitative estimate of drug-likeness (QED) is 0.186. The number of quaternary nitrogens is 2. The third kappa shape index (κ3) is 8.74. The van der Waals surface area contributed by atoms with Crippen molar-refractivity contribution in [2.75, 3.05) is 26.2 Å². The lowest BCUT2D eigenvalue weighted by Gasteiger charge is -2.31. The van der Waals surface area contributed by atoms with Gasteiger partial charge in [-0.05, 0) is 49.9 Å². The molecule has 2 aromatic rings. The van der Waals surface area contributed by atoms with E-state index < -0.39 is 21.6 Å². The molecule has 0 spiro atoms. The number of guanidine groups is 2. The molecule has 0 amide bonds. The molecule has 2 N–H and O–H groups in total. The molecule has 0 bridgehead atoms. The van der Waals surface area contributed by atoms with Gasteiger partial charge in [0, 0.05) is 12.2 Å². The van der Waals surface area contributed by atoms with E-state index >= 15 is 0 Å². The van der Waals surface area contributed by atoms with E-state index in [2.05, 4.69) is 20.6 Å². The molecule has 2 aliphatic heterocycles. The van der Waals surface area contributed by atoms with Crippen LogP contribution in [0.3, 0.4) is 0 Å². The highest BCUT2D eigenvalue weighted by Gasteiger charge is 2.52. The number of nitrogens with zero attached hydrogens (tertiary/aromatic N) is 4. The van der Waals surface area contributed by atoms with Crippen molar-refractivity contribution >= 4 is 81.6 Å². The summed E-state index contributed by atoms with van der Waals surface area (Å²) in [6.45, 7) is 1.25. The number of hydroxylamine groups is 8. The molecule has 2 heterocycles. The predicted molar refractivity (Wildman–Crippen MR) is 191 cm³/mol. The fraction of sp³-hybridized carbons (Fsp3) is 0.471. The molecular weight excluding hydrogens is 730 g/mol. The fourth-order valence-electron chi connectivity index (χ4n) is 6.45. The lowest BCUT2D eigenvalue weighted by molar-refractivity contribution is -1.17. The number of aliphatic imine (C=N–C) groups is 2. The summed E-state index contributed by atoms with van der Waals surface area (Å²) in [7, 11) is 0. The van der Waals surface area contributed by atoms with Gasteiger partial charge >= 0.3 is 23.9 Å². The molecule has 268 valence electrons. The van der Waals surface area contributed by atoms with Gasteiger partial charge in [-0.25, -0.2) is 19.3 Å². The Kier molecular flexibility index (Phi) is 12.2. The van der Waals surface area contributed by atoms with E-state index in [-0.39, 0.29) is 37.2 Å². The molecule has 6 rings (SSSR count). The summed E-state index contributed by atoms with van der Waals surface area (Å²) in [5.41, 5.74) is 0.624. The Morgan fingerprint density at radius 2 is 0.980 bits per heavy atom. The summed E-state index contributed by atoms with van der Waals surface area (Å²) in [6, 6.07) is 10.1. The van der Waals surface area contributed by atoms with Crippen molar-refractivity contribution in [1.29, 1.82) is 0 Å². The number of para-hydroxylation sites is 2. The number of hydrogen-bond acceptors (Lipinski definition) is 8. The highest BCUT2D eigenvalue weighted by Crippen LogP contribution is 2.36. The van der Waals surface area contributed by atoms with Crippen molar-refractivity contribution in [3.63, 3.8) is 0 Å². The molecule has 2 aliphatic carbocycles. The molecule has 4 aliphatic rings. The van der Waals surface area contributed by atoms with Gasteiger partial charge < -0.3 is 10.6 Å². The summed E-state index contributed by atoms with van der Waals surface area (Å²) in [4.78, 5) is 59.7. The zero-order chi connectivity index (χ0) is 35.1. The number of hydrogen-bond donors (Lipinski definition) is 2. The van der Waals surface area contributed by atoms with Crippen LogP contribution in [-0.2, 0) is 28.9 Å². The van der Waals surface area contributed by atoms with Gasteiger partial charge in [0.25, 0.3) is 0 Å². The molecule has 0 radical (unpaired) electrons. The van der Waals surface area contributed by atoms with Crippen LogP contribution < -0.4 is 10.6 Å². The van der Waals surface area contributed by atoms with Crippen LogP contribution in [0.1, 0.15) is 64.2 Å². The fourth-order valence-corrected chi connectivity index (χ4v) is 7.42. The molecule has 0 aromatic heterocycles. The van der Waals surface area contributed by atoms with Crippen LogP contribution in [0, 0.1) is 0 Å². The summed E-state index contributed by atoms with van der Waals surface area (Å²) < 4.78 is 0. The lowest BCUT2D eigenvalue weighted by Crippen LogP contribution is -2.54. The maximum absolute atomic E-state index is 13.4. The van der Waals surface area contributed by atoms with Crippen LogP contribution in [-0.4, -0.2) is 71.9 Å². The molecule has 2 atom stereocenters. The first kappa shape index (κ1) is 36.8. The van der Waals surface area contributed by atoms with Crippen LogP contribution in [0.4, 0.5) is 11.4 Å². The minimum Gasteiger partial charge on any atom is -0.312 e. The van der Waals surface area contributed by atoms with Gasteiger partial charge in [-0.3, -0.25) is 0 Å². The van der Waals surface area contributed by atoms with Crippen molar-refractivity contribution in [1.82, 2.24) is 10.6 Å². The minimum atomic E-state index is -0.851. The number of halogens is 4. The third-order valence-electron chi connectivity index (χ3n) is 8.91. The molecular formula is C34H40Cl4N6O6+2. The van der Waals surface area contributed by atoms with E-state index in [1.807, 2.05) is 0 Å². The summed E-state index contributed by atoms with van der Waals surface area (Å²) >= 11 is 25.7. The predicted octanol–water partition coefficient (Wildman–Crippen LogP) is 7.82. The maximum atomic E-state index is 13.4. The van der Waals surface area contributed by atoms with Gasteiger partial charge in [-0.2, -0.15) is 9.98 Å². The maximum Gasteiger partial charge on any atom is 0.395 e. The SMILES string of the molecule is O=C(/C=C/C(=O)O[N+]1(OC2CCCCC2)CCNC1=Nc1c(Cl)cccc1Cl)O[N+]1(OC2CCCCC2)CCNC1=Nc1c(Cl)cccc1Cl. The Morgan fingerprint density at radius 3 is 1.34 bits per heavy atom. The smallest absolute Gasteiger partial charge is 0.312 e. The average molecular weight is 771 g/mol. The molecule has 50 heavy (non-hydrogen) atoms. The van der Waals surface area contributed by atoms with Crippen LogP contribution in [0.25, 0.3) is 0 Å². The van der Waals surface area contributed by atoms with E-state index in [1.165, 1.54) is 0 Å². The van der Waals surface area contributed by atoms with Gasteiger partial charge in [0.15, 0.2) is 13.1 Å². The molecule has 16 heteroatoms. The number of rotatable bonds is 10. The van der Waals surface area contributed by atoms with Crippen molar-refractivity contribution in [3.05, 3.63) is 68.6 Å². The van der Waals surface area contributed by atoms with E-state index in [9.17, 15) is 9.59 Å². The van der Waals surface area contributed by atoms with Crippen molar-refractivity contribution in [2.24, 2.45) is 9.98 Å². The van der Waals surface area contributed by atoms with Gasteiger partial charge in [0.1, 0.15) is 23.6 Å². The zero-order valence-corrected chi connectivity index (χ0v) is 30.4. The summed E-state index contributed by atoms with van der Waals surface area (Å²) in [5, 5.41) is 7.63. The van der Waals surface area contributed by atoms with Crippen molar-refractivity contribution in [2.45, 2.75) is 76.4 Å². The number of carbonyl (C=O) groups excluding carboxylic acids is 2. The third-order valence-corrected chi connectivity index (χ3v) is 10.1. The van der Waals surface area contributed by atoms with Gasteiger partial charge in [-0.15, -0.1) is 9.68 Å². The Hall–Kier alpha value is -2.94. The monoisotopic (exact) mass is 768 g/mol. The van der Waals surface area contributed by atoms with E-state index in [0.29, 0.717) is 44.6 Å². The minimum absolute atomic E-state index is 0.175. The van der Waals surface area contributed by atoms with Crippen LogP contribution >= 0.6 is 46.4 Å². The summed E-state index contributed by atoms with van der Waals surface area (Å²) in [6.07, 6.45) is 11.0. The average Bonchev–Trinajstić information content (AvgIpc) is 3.66. The van der Waals surface area contributed by atoms with Crippen molar-refractivity contribution in [3.8, 4) is 0 Å².